The van der Waals surface area contributed by atoms with Crippen LogP contribution in [0.1, 0.15) is 155 Å². The van der Waals surface area contributed by atoms with Gasteiger partial charge in [0.25, 0.3) is 0 Å². The molecule has 0 aromatic rings. The van der Waals surface area contributed by atoms with Gasteiger partial charge in [0.05, 0.1) is 18.9 Å². The second-order valence-corrected chi connectivity index (χ2v) is 9.97. The molecule has 0 aliphatic rings. The van der Waals surface area contributed by atoms with E-state index in [0.717, 1.165) is 25.7 Å². The minimum Gasteiger partial charge on any atom is -0.481 e. The van der Waals surface area contributed by atoms with Crippen molar-refractivity contribution >= 4 is 11.9 Å². The van der Waals surface area contributed by atoms with E-state index < -0.39 is 11.9 Å². The molecule has 0 rings (SSSR count). The molecular weight excluding hydrogens is 424 g/mol. The fraction of sp³-hybridized carbons (Fsp3) is 0.867. The average Bonchev–Trinajstić information content (AvgIpc) is 2.82. The molecule has 0 aromatic carbocycles. The van der Waals surface area contributed by atoms with E-state index in [-0.39, 0.29) is 12.4 Å². The van der Waals surface area contributed by atoms with Gasteiger partial charge >= 0.3 is 11.9 Å². The van der Waals surface area contributed by atoms with Crippen molar-refractivity contribution in [2.24, 2.45) is 5.92 Å². The minimum absolute atomic E-state index is 0.0335. The standard InChI is InChI=1S/C30H56O4/c1-3-5-7-9-11-12-13-14-15-16-17-18-19-20-21-23-25-28(30(32)33)27-29(31)34-26-24-22-10-8-6-4-2/h21,23,28H,3-20,22,24-27H2,1-2H3,(H,32,33)/b23-21+/t28-/m0/s1. The van der Waals surface area contributed by atoms with E-state index in [2.05, 4.69) is 19.9 Å². The van der Waals surface area contributed by atoms with Gasteiger partial charge in [0, 0.05) is 0 Å². The quantitative estimate of drug-likeness (QED) is 0.0760. The number of esters is 1. The molecule has 1 N–H and O–H groups in total. The zero-order chi connectivity index (χ0) is 25.1. The number of allylic oxidation sites excluding steroid dienone is 2. The first-order chi connectivity index (χ1) is 16.6. The lowest BCUT2D eigenvalue weighted by Crippen LogP contribution is -2.19. The number of hydrogen-bond donors (Lipinski definition) is 1. The van der Waals surface area contributed by atoms with Gasteiger partial charge in [0.2, 0.25) is 0 Å². The van der Waals surface area contributed by atoms with Crippen LogP contribution >= 0.6 is 0 Å². The summed E-state index contributed by atoms with van der Waals surface area (Å²) in [4.78, 5) is 23.4. The summed E-state index contributed by atoms with van der Waals surface area (Å²) in [6.07, 6.45) is 29.7. The first-order valence-corrected chi connectivity index (χ1v) is 14.6. The maximum absolute atomic E-state index is 12.0. The normalized spacial score (nSPS) is 12.3. The zero-order valence-corrected chi connectivity index (χ0v) is 22.7. The van der Waals surface area contributed by atoms with Crippen molar-refractivity contribution in [3.05, 3.63) is 12.2 Å². The Hall–Kier alpha value is -1.32. The van der Waals surface area contributed by atoms with Gasteiger partial charge in [-0.05, 0) is 25.7 Å². The summed E-state index contributed by atoms with van der Waals surface area (Å²) < 4.78 is 5.24. The van der Waals surface area contributed by atoms with Gasteiger partial charge < -0.3 is 9.84 Å². The Labute approximate surface area is 211 Å². The molecule has 200 valence electrons. The number of carbonyl (C=O) groups excluding carboxylic acids is 1. The highest BCUT2D eigenvalue weighted by molar-refractivity contribution is 5.78. The molecule has 0 fully saturated rings. The Morgan fingerprint density at radius 1 is 0.647 bits per heavy atom. The van der Waals surface area contributed by atoms with Gasteiger partial charge in [-0.1, -0.05) is 135 Å². The number of hydrogen-bond acceptors (Lipinski definition) is 3. The highest BCUT2D eigenvalue weighted by Gasteiger charge is 2.20. The van der Waals surface area contributed by atoms with Crippen molar-refractivity contribution in [1.82, 2.24) is 0 Å². The van der Waals surface area contributed by atoms with E-state index in [1.807, 2.05) is 6.08 Å². The van der Waals surface area contributed by atoms with E-state index in [1.165, 1.54) is 103 Å². The van der Waals surface area contributed by atoms with Crippen molar-refractivity contribution in [1.29, 1.82) is 0 Å². The maximum atomic E-state index is 12.0. The molecule has 0 saturated heterocycles. The smallest absolute Gasteiger partial charge is 0.307 e. The minimum atomic E-state index is -0.915. The lowest BCUT2D eigenvalue weighted by molar-refractivity contribution is -0.151. The number of unbranched alkanes of at least 4 members (excludes halogenated alkanes) is 18. The van der Waals surface area contributed by atoms with Gasteiger partial charge in [-0.3, -0.25) is 9.59 Å². The summed E-state index contributed by atoms with van der Waals surface area (Å²) in [5.41, 5.74) is 0. The predicted octanol–water partition coefficient (Wildman–Crippen LogP) is 9.41. The lowest BCUT2D eigenvalue weighted by Gasteiger charge is -2.10. The Morgan fingerprint density at radius 2 is 1.09 bits per heavy atom. The Balaban J connectivity index is 3.63. The molecule has 0 unspecified atom stereocenters. The Bertz CT molecular complexity index is 486. The van der Waals surface area contributed by atoms with E-state index in [0.29, 0.717) is 13.0 Å². The molecule has 0 aliphatic carbocycles. The first-order valence-electron chi connectivity index (χ1n) is 14.6. The summed E-state index contributed by atoms with van der Waals surface area (Å²) in [5, 5.41) is 9.40. The van der Waals surface area contributed by atoms with Crippen LogP contribution in [0.25, 0.3) is 0 Å². The molecule has 0 spiro atoms. The molecule has 0 amide bonds. The summed E-state index contributed by atoms with van der Waals surface area (Å²) in [6, 6.07) is 0. The number of rotatable bonds is 26. The van der Waals surface area contributed by atoms with Crippen LogP contribution in [0.4, 0.5) is 0 Å². The van der Waals surface area contributed by atoms with Crippen LogP contribution in [-0.2, 0) is 14.3 Å². The van der Waals surface area contributed by atoms with Crippen molar-refractivity contribution < 1.29 is 19.4 Å². The third-order valence-electron chi connectivity index (χ3n) is 6.58. The monoisotopic (exact) mass is 480 g/mol. The van der Waals surface area contributed by atoms with Gasteiger partial charge in [0.15, 0.2) is 0 Å². The number of carbonyl (C=O) groups is 2. The third-order valence-corrected chi connectivity index (χ3v) is 6.58. The van der Waals surface area contributed by atoms with E-state index in [1.54, 1.807) is 0 Å². The number of carboxylic acids is 1. The molecule has 0 radical (unpaired) electrons. The van der Waals surface area contributed by atoms with Crippen LogP contribution in [0.5, 0.6) is 0 Å². The topological polar surface area (TPSA) is 63.6 Å². The second-order valence-electron chi connectivity index (χ2n) is 9.97. The molecule has 4 nitrogen and oxygen atoms in total. The average molecular weight is 481 g/mol. The molecule has 0 bridgehead atoms. The molecule has 0 aromatic heterocycles. The van der Waals surface area contributed by atoms with E-state index >= 15 is 0 Å². The molecule has 0 saturated carbocycles. The van der Waals surface area contributed by atoms with Crippen molar-refractivity contribution in [3.63, 3.8) is 0 Å². The van der Waals surface area contributed by atoms with Crippen LogP contribution in [0.3, 0.4) is 0 Å². The fourth-order valence-corrected chi connectivity index (χ4v) is 4.26. The van der Waals surface area contributed by atoms with Crippen molar-refractivity contribution in [3.8, 4) is 0 Å². The molecule has 34 heavy (non-hydrogen) atoms. The van der Waals surface area contributed by atoms with Crippen LogP contribution in [-0.4, -0.2) is 23.7 Å². The Morgan fingerprint density at radius 3 is 1.56 bits per heavy atom. The number of aliphatic carboxylic acids is 1. The fourth-order valence-electron chi connectivity index (χ4n) is 4.26. The molecule has 0 heterocycles. The zero-order valence-electron chi connectivity index (χ0n) is 22.7. The lowest BCUT2D eigenvalue weighted by atomic mass is 10.0. The summed E-state index contributed by atoms with van der Waals surface area (Å²) >= 11 is 0. The third kappa shape index (κ3) is 23.8. The highest BCUT2D eigenvalue weighted by atomic mass is 16.5. The van der Waals surface area contributed by atoms with Gasteiger partial charge in [-0.25, -0.2) is 0 Å². The van der Waals surface area contributed by atoms with Gasteiger partial charge in [-0.2, -0.15) is 0 Å². The van der Waals surface area contributed by atoms with E-state index in [4.69, 9.17) is 4.74 Å². The predicted molar refractivity (Wildman–Crippen MR) is 144 cm³/mol. The van der Waals surface area contributed by atoms with E-state index in [9.17, 15) is 14.7 Å². The number of carboxylic acid groups (broad SMARTS) is 1. The first kappa shape index (κ1) is 32.7. The van der Waals surface area contributed by atoms with Crippen LogP contribution < -0.4 is 0 Å². The van der Waals surface area contributed by atoms with Crippen molar-refractivity contribution in [2.75, 3.05) is 6.61 Å². The SMILES string of the molecule is CCCCCCCCCCCCCCC/C=C/C[C@@H](CC(=O)OCCCCCCCC)C(=O)O. The van der Waals surface area contributed by atoms with Gasteiger partial charge in [-0.15, -0.1) is 0 Å². The summed E-state index contributed by atoms with van der Waals surface area (Å²) in [6.45, 7) is 4.87. The number of ether oxygens (including phenoxy) is 1. The van der Waals surface area contributed by atoms with Crippen LogP contribution in [0.2, 0.25) is 0 Å². The molecule has 0 aliphatic heterocycles. The molecular formula is C30H56O4. The highest BCUT2D eigenvalue weighted by Crippen LogP contribution is 2.15. The van der Waals surface area contributed by atoms with Crippen LogP contribution in [0, 0.1) is 5.92 Å². The maximum Gasteiger partial charge on any atom is 0.307 e. The van der Waals surface area contributed by atoms with Gasteiger partial charge in [0.1, 0.15) is 0 Å². The summed E-state index contributed by atoms with van der Waals surface area (Å²) in [7, 11) is 0. The second kappa shape index (κ2) is 26.3. The summed E-state index contributed by atoms with van der Waals surface area (Å²) in [5.74, 6) is -1.98. The molecule has 4 heteroatoms. The van der Waals surface area contributed by atoms with Crippen molar-refractivity contribution in [2.45, 2.75) is 155 Å². The molecule has 1 atom stereocenters. The Kier molecular flexibility index (Phi) is 25.3. The largest absolute Gasteiger partial charge is 0.481 e. The van der Waals surface area contributed by atoms with Crippen LogP contribution in [0.15, 0.2) is 12.2 Å².